The molecule has 1 saturated heterocycles. The standard InChI is InChI=1S/C11H16OS2/c1-8-4-7-14-10(8)11(12)5-3-6-13-9(11)2/h4,7,9,12H,3,5-6H2,1-2H3. The highest BCUT2D eigenvalue weighted by atomic mass is 32.2. The molecule has 1 N–H and O–H groups in total. The van der Waals surface area contributed by atoms with E-state index in [4.69, 9.17) is 0 Å². The van der Waals surface area contributed by atoms with Gasteiger partial charge in [-0.3, -0.25) is 0 Å². The summed E-state index contributed by atoms with van der Waals surface area (Å²) in [5.74, 6) is 1.19. The van der Waals surface area contributed by atoms with E-state index in [9.17, 15) is 5.11 Å². The van der Waals surface area contributed by atoms with E-state index in [0.29, 0.717) is 5.25 Å². The zero-order chi connectivity index (χ0) is 10.2. The van der Waals surface area contributed by atoms with Crippen LogP contribution in [0.1, 0.15) is 30.2 Å². The molecule has 0 aromatic carbocycles. The first-order chi connectivity index (χ1) is 6.64. The van der Waals surface area contributed by atoms with Crippen molar-refractivity contribution in [3.05, 3.63) is 21.9 Å². The van der Waals surface area contributed by atoms with Crippen LogP contribution in [0.2, 0.25) is 0 Å². The third-order valence-electron chi connectivity index (χ3n) is 3.00. The number of aliphatic hydroxyl groups is 1. The monoisotopic (exact) mass is 228 g/mol. The second-order valence-electron chi connectivity index (χ2n) is 3.97. The minimum Gasteiger partial charge on any atom is -0.383 e. The zero-order valence-corrected chi connectivity index (χ0v) is 10.3. The highest BCUT2D eigenvalue weighted by Gasteiger charge is 2.40. The maximum absolute atomic E-state index is 10.7. The van der Waals surface area contributed by atoms with E-state index in [0.717, 1.165) is 12.8 Å². The topological polar surface area (TPSA) is 20.2 Å². The molecule has 2 rings (SSSR count). The van der Waals surface area contributed by atoms with Gasteiger partial charge in [0.1, 0.15) is 5.60 Å². The van der Waals surface area contributed by atoms with Crippen LogP contribution in [0, 0.1) is 6.92 Å². The lowest BCUT2D eigenvalue weighted by Gasteiger charge is -2.37. The lowest BCUT2D eigenvalue weighted by molar-refractivity contribution is 0.0285. The van der Waals surface area contributed by atoms with Gasteiger partial charge in [-0.25, -0.2) is 0 Å². The smallest absolute Gasteiger partial charge is 0.111 e. The van der Waals surface area contributed by atoms with Gasteiger partial charge in [-0.1, -0.05) is 6.92 Å². The van der Waals surface area contributed by atoms with Crippen LogP contribution in [0.3, 0.4) is 0 Å². The number of thioether (sulfide) groups is 1. The fourth-order valence-corrected chi connectivity index (χ4v) is 4.45. The molecule has 1 fully saturated rings. The fraction of sp³-hybridized carbons (Fsp3) is 0.636. The quantitative estimate of drug-likeness (QED) is 0.797. The Labute approximate surface area is 93.5 Å². The van der Waals surface area contributed by atoms with Gasteiger partial charge in [-0.15, -0.1) is 11.3 Å². The van der Waals surface area contributed by atoms with Crippen LogP contribution in [-0.2, 0) is 5.60 Å². The molecular formula is C11H16OS2. The van der Waals surface area contributed by atoms with E-state index in [2.05, 4.69) is 25.3 Å². The van der Waals surface area contributed by atoms with Crippen molar-refractivity contribution in [3.8, 4) is 0 Å². The Morgan fingerprint density at radius 1 is 1.57 bits per heavy atom. The molecule has 0 bridgehead atoms. The summed E-state index contributed by atoms with van der Waals surface area (Å²) in [5.41, 5.74) is 0.674. The van der Waals surface area contributed by atoms with Crippen LogP contribution in [0.5, 0.6) is 0 Å². The number of thiophene rings is 1. The molecule has 2 atom stereocenters. The molecule has 78 valence electrons. The third kappa shape index (κ3) is 1.62. The van der Waals surface area contributed by atoms with Crippen molar-refractivity contribution in [2.45, 2.75) is 37.5 Å². The number of hydrogen-bond donors (Lipinski definition) is 1. The predicted molar refractivity (Wildman–Crippen MR) is 64.1 cm³/mol. The number of rotatable bonds is 1. The summed E-state index contributed by atoms with van der Waals surface area (Å²) in [5, 5.41) is 13.1. The number of aryl methyl sites for hydroxylation is 1. The van der Waals surface area contributed by atoms with Crippen LogP contribution in [0.25, 0.3) is 0 Å². The SMILES string of the molecule is Cc1ccsc1C1(O)CCCSC1C. The first kappa shape index (κ1) is 10.5. The summed E-state index contributed by atoms with van der Waals surface area (Å²) in [6.07, 6.45) is 2.05. The fourth-order valence-electron chi connectivity index (χ4n) is 2.06. The average Bonchev–Trinajstić information content (AvgIpc) is 2.57. The zero-order valence-electron chi connectivity index (χ0n) is 8.62. The maximum atomic E-state index is 10.7. The molecule has 1 aromatic heterocycles. The molecular weight excluding hydrogens is 212 g/mol. The molecule has 0 amide bonds. The molecule has 0 saturated carbocycles. The van der Waals surface area contributed by atoms with Crippen molar-refractivity contribution in [1.29, 1.82) is 0 Å². The lowest BCUT2D eigenvalue weighted by Crippen LogP contribution is -2.38. The van der Waals surface area contributed by atoms with Crippen LogP contribution < -0.4 is 0 Å². The second kappa shape index (κ2) is 3.87. The van der Waals surface area contributed by atoms with E-state index in [1.165, 1.54) is 16.2 Å². The first-order valence-corrected chi connectivity index (χ1v) is 6.96. The predicted octanol–water partition coefficient (Wildman–Crippen LogP) is 3.16. The Bertz CT molecular complexity index is 321. The van der Waals surface area contributed by atoms with E-state index >= 15 is 0 Å². The van der Waals surface area contributed by atoms with Gasteiger partial charge in [0, 0.05) is 10.1 Å². The van der Waals surface area contributed by atoms with Gasteiger partial charge in [0.25, 0.3) is 0 Å². The summed E-state index contributed by atoms with van der Waals surface area (Å²) >= 11 is 3.58. The van der Waals surface area contributed by atoms with Gasteiger partial charge in [0.15, 0.2) is 0 Å². The van der Waals surface area contributed by atoms with Crippen LogP contribution in [-0.4, -0.2) is 16.1 Å². The van der Waals surface area contributed by atoms with Gasteiger partial charge in [-0.2, -0.15) is 11.8 Å². The van der Waals surface area contributed by atoms with Gasteiger partial charge in [0.2, 0.25) is 0 Å². The molecule has 1 aromatic rings. The lowest BCUT2D eigenvalue weighted by atomic mass is 9.90. The molecule has 2 unspecified atom stereocenters. The van der Waals surface area contributed by atoms with E-state index in [-0.39, 0.29) is 0 Å². The van der Waals surface area contributed by atoms with E-state index in [1.54, 1.807) is 11.3 Å². The Balaban J connectivity index is 2.34. The van der Waals surface area contributed by atoms with Gasteiger partial charge < -0.3 is 5.11 Å². The molecule has 3 heteroatoms. The molecule has 2 heterocycles. The van der Waals surface area contributed by atoms with Crippen LogP contribution >= 0.6 is 23.1 Å². The van der Waals surface area contributed by atoms with Gasteiger partial charge in [-0.05, 0) is 42.5 Å². The van der Waals surface area contributed by atoms with E-state index < -0.39 is 5.60 Å². The molecule has 0 spiro atoms. The summed E-state index contributed by atoms with van der Waals surface area (Å²) < 4.78 is 0. The highest BCUT2D eigenvalue weighted by molar-refractivity contribution is 8.00. The van der Waals surface area contributed by atoms with Crippen molar-refractivity contribution in [2.24, 2.45) is 0 Å². The minimum atomic E-state index is -0.568. The van der Waals surface area contributed by atoms with Crippen molar-refractivity contribution in [3.63, 3.8) is 0 Å². The highest BCUT2D eigenvalue weighted by Crippen LogP contribution is 2.44. The normalized spacial score (nSPS) is 33.2. The molecule has 14 heavy (non-hydrogen) atoms. The largest absolute Gasteiger partial charge is 0.383 e. The van der Waals surface area contributed by atoms with Gasteiger partial charge >= 0.3 is 0 Å². The van der Waals surface area contributed by atoms with Crippen molar-refractivity contribution < 1.29 is 5.11 Å². The van der Waals surface area contributed by atoms with Crippen molar-refractivity contribution in [2.75, 3.05) is 5.75 Å². The Kier molecular flexibility index (Phi) is 2.91. The number of hydrogen-bond acceptors (Lipinski definition) is 3. The van der Waals surface area contributed by atoms with Crippen molar-refractivity contribution in [1.82, 2.24) is 0 Å². The summed E-state index contributed by atoms with van der Waals surface area (Å²) in [7, 11) is 0. The molecule has 0 radical (unpaired) electrons. The first-order valence-electron chi connectivity index (χ1n) is 5.03. The van der Waals surface area contributed by atoms with Crippen molar-refractivity contribution >= 4 is 23.1 Å². The third-order valence-corrected chi connectivity index (χ3v) is 5.60. The molecule has 0 aliphatic carbocycles. The second-order valence-corrected chi connectivity index (χ2v) is 6.34. The van der Waals surface area contributed by atoms with Crippen LogP contribution in [0.4, 0.5) is 0 Å². The minimum absolute atomic E-state index is 0.327. The molecule has 1 nitrogen and oxygen atoms in total. The van der Waals surface area contributed by atoms with E-state index in [1.807, 2.05) is 11.8 Å². The Hall–Kier alpha value is 0.01000. The molecule has 1 aliphatic heterocycles. The van der Waals surface area contributed by atoms with Crippen LogP contribution in [0.15, 0.2) is 11.4 Å². The molecule has 1 aliphatic rings. The average molecular weight is 228 g/mol. The summed E-state index contributed by atoms with van der Waals surface area (Å²) in [6.45, 7) is 4.23. The summed E-state index contributed by atoms with van der Waals surface area (Å²) in [4.78, 5) is 1.18. The Morgan fingerprint density at radius 2 is 2.36 bits per heavy atom. The Morgan fingerprint density at radius 3 is 2.93 bits per heavy atom. The maximum Gasteiger partial charge on any atom is 0.111 e. The summed E-state index contributed by atoms with van der Waals surface area (Å²) in [6, 6.07) is 2.10. The van der Waals surface area contributed by atoms with Gasteiger partial charge in [0.05, 0.1) is 0 Å².